The van der Waals surface area contributed by atoms with Crippen LogP contribution in [0.5, 0.6) is 0 Å². The molecule has 7 heteroatoms. The van der Waals surface area contributed by atoms with E-state index in [-0.39, 0.29) is 23.5 Å². The van der Waals surface area contributed by atoms with E-state index in [1.807, 2.05) is 25.8 Å². The van der Waals surface area contributed by atoms with Gasteiger partial charge in [-0.15, -0.1) is 0 Å². The number of sulfone groups is 1. The van der Waals surface area contributed by atoms with Crippen molar-refractivity contribution in [3.8, 4) is 0 Å². The molecule has 1 aliphatic heterocycles. The van der Waals surface area contributed by atoms with Gasteiger partial charge in [-0.2, -0.15) is 0 Å². The molecule has 1 unspecified atom stereocenters. The summed E-state index contributed by atoms with van der Waals surface area (Å²) in [6, 6.07) is -0.0307. The minimum Gasteiger partial charge on any atom is -0.383 e. The first-order valence-corrected chi connectivity index (χ1v) is 8.17. The number of nitrogen functional groups attached to an aromatic ring is 1. The number of hydrogen-bond acceptors (Lipinski definition) is 6. The van der Waals surface area contributed by atoms with Crippen LogP contribution in [0.3, 0.4) is 0 Å². The van der Waals surface area contributed by atoms with Gasteiger partial charge in [-0.1, -0.05) is 13.8 Å². The number of anilines is 2. The molecule has 6 nitrogen and oxygen atoms in total. The van der Waals surface area contributed by atoms with Crippen molar-refractivity contribution >= 4 is 21.5 Å². The summed E-state index contributed by atoms with van der Waals surface area (Å²) in [6.45, 7) is 4.05. The summed E-state index contributed by atoms with van der Waals surface area (Å²) in [6.07, 6.45) is 2.07. The molecule has 1 aromatic rings. The van der Waals surface area contributed by atoms with Crippen molar-refractivity contribution in [2.24, 2.45) is 0 Å². The van der Waals surface area contributed by atoms with Crippen LogP contribution in [-0.2, 0) is 9.84 Å². The Kier molecular flexibility index (Phi) is 3.66. The molecule has 1 aliphatic rings. The first-order valence-electron chi connectivity index (χ1n) is 6.35. The molecule has 106 valence electrons. The zero-order valence-corrected chi connectivity index (χ0v) is 12.3. The summed E-state index contributed by atoms with van der Waals surface area (Å²) in [5, 5.41) is 0. The van der Waals surface area contributed by atoms with Crippen LogP contribution >= 0.6 is 0 Å². The molecule has 1 fully saturated rings. The molecule has 0 aromatic carbocycles. The smallest absolute Gasteiger partial charge is 0.152 e. The van der Waals surface area contributed by atoms with Crippen molar-refractivity contribution in [1.29, 1.82) is 0 Å². The quantitative estimate of drug-likeness (QED) is 0.883. The number of hydrogen-bond donors (Lipinski definition) is 1. The predicted molar refractivity (Wildman–Crippen MR) is 76.0 cm³/mol. The number of aromatic nitrogens is 2. The third-order valence-corrected chi connectivity index (χ3v) is 5.31. The second-order valence-electron chi connectivity index (χ2n) is 5.32. The highest BCUT2D eigenvalue weighted by Gasteiger charge is 2.32. The Labute approximate surface area is 114 Å². The zero-order chi connectivity index (χ0) is 14.2. The standard InChI is InChI=1S/C12H20N4O2S/c1-8(2)10-11(13)14-7-15-12(10)16(3)9-4-5-19(17,18)6-9/h7-9H,4-6H2,1-3H3,(H2,13,14,15). The van der Waals surface area contributed by atoms with Crippen LogP contribution in [0.1, 0.15) is 31.7 Å². The van der Waals surface area contributed by atoms with Gasteiger partial charge in [0.15, 0.2) is 9.84 Å². The fraction of sp³-hybridized carbons (Fsp3) is 0.667. The minimum absolute atomic E-state index is 0.0307. The van der Waals surface area contributed by atoms with Gasteiger partial charge in [-0.3, -0.25) is 0 Å². The molecule has 1 aromatic heterocycles. The second kappa shape index (κ2) is 4.96. The van der Waals surface area contributed by atoms with Gasteiger partial charge in [-0.25, -0.2) is 18.4 Å². The van der Waals surface area contributed by atoms with Crippen LogP contribution in [0.25, 0.3) is 0 Å². The molecular formula is C12H20N4O2S. The van der Waals surface area contributed by atoms with Crippen molar-refractivity contribution < 1.29 is 8.42 Å². The molecule has 0 bridgehead atoms. The van der Waals surface area contributed by atoms with Gasteiger partial charge >= 0.3 is 0 Å². The molecule has 2 rings (SSSR count). The highest BCUT2D eigenvalue weighted by Crippen LogP contribution is 2.31. The van der Waals surface area contributed by atoms with Crippen LogP contribution in [0, 0.1) is 0 Å². The topological polar surface area (TPSA) is 89.2 Å². The normalized spacial score (nSPS) is 21.8. The minimum atomic E-state index is -2.91. The summed E-state index contributed by atoms with van der Waals surface area (Å²) in [5.74, 6) is 1.83. The maximum atomic E-state index is 11.6. The molecule has 1 atom stereocenters. The first-order chi connectivity index (χ1) is 8.82. The fourth-order valence-electron chi connectivity index (χ4n) is 2.49. The van der Waals surface area contributed by atoms with E-state index in [1.54, 1.807) is 0 Å². The van der Waals surface area contributed by atoms with Crippen LogP contribution in [-0.4, -0.2) is 43.0 Å². The second-order valence-corrected chi connectivity index (χ2v) is 7.55. The van der Waals surface area contributed by atoms with Crippen molar-refractivity contribution in [2.45, 2.75) is 32.2 Å². The lowest BCUT2D eigenvalue weighted by molar-refractivity contribution is 0.600. The Bertz CT molecular complexity index is 571. The Morgan fingerprint density at radius 1 is 1.42 bits per heavy atom. The highest BCUT2D eigenvalue weighted by atomic mass is 32.2. The van der Waals surface area contributed by atoms with Gasteiger partial charge in [0.1, 0.15) is 18.0 Å². The lowest BCUT2D eigenvalue weighted by Crippen LogP contribution is -2.34. The summed E-state index contributed by atoms with van der Waals surface area (Å²) in [5.41, 5.74) is 6.80. The average molecular weight is 284 g/mol. The maximum absolute atomic E-state index is 11.6. The van der Waals surface area contributed by atoms with E-state index in [4.69, 9.17) is 5.73 Å². The van der Waals surface area contributed by atoms with Gasteiger partial charge in [0.25, 0.3) is 0 Å². The Balaban J connectivity index is 2.34. The van der Waals surface area contributed by atoms with Gasteiger partial charge in [0, 0.05) is 18.7 Å². The van der Waals surface area contributed by atoms with Crippen molar-refractivity contribution in [2.75, 3.05) is 29.2 Å². The summed E-state index contributed by atoms with van der Waals surface area (Å²) < 4.78 is 23.2. The summed E-state index contributed by atoms with van der Waals surface area (Å²) in [4.78, 5) is 10.2. The molecule has 0 amide bonds. The van der Waals surface area contributed by atoms with E-state index >= 15 is 0 Å². The first kappa shape index (κ1) is 14.0. The summed E-state index contributed by atoms with van der Waals surface area (Å²) in [7, 11) is -1.03. The van der Waals surface area contributed by atoms with Gasteiger partial charge in [0.2, 0.25) is 0 Å². The molecule has 19 heavy (non-hydrogen) atoms. The third-order valence-electron chi connectivity index (χ3n) is 3.56. The molecule has 2 heterocycles. The molecule has 1 saturated heterocycles. The predicted octanol–water partition coefficient (Wildman–Crippen LogP) is 0.805. The molecule has 2 N–H and O–H groups in total. The van der Waals surface area contributed by atoms with Crippen molar-refractivity contribution in [3.63, 3.8) is 0 Å². The number of nitrogens with two attached hydrogens (primary N) is 1. The van der Waals surface area contributed by atoms with Crippen LogP contribution in [0.4, 0.5) is 11.6 Å². The van der Waals surface area contributed by atoms with E-state index in [1.165, 1.54) is 6.33 Å². The average Bonchev–Trinajstić information content (AvgIpc) is 2.68. The van der Waals surface area contributed by atoms with Crippen molar-refractivity contribution in [3.05, 3.63) is 11.9 Å². The van der Waals surface area contributed by atoms with Crippen LogP contribution in [0.15, 0.2) is 6.33 Å². The Morgan fingerprint density at radius 2 is 2.11 bits per heavy atom. The Hall–Kier alpha value is -1.37. The zero-order valence-electron chi connectivity index (χ0n) is 11.5. The molecule has 0 saturated carbocycles. The van der Waals surface area contributed by atoms with E-state index < -0.39 is 9.84 Å². The number of rotatable bonds is 3. The van der Waals surface area contributed by atoms with Gasteiger partial charge in [0.05, 0.1) is 11.5 Å². The van der Waals surface area contributed by atoms with Crippen molar-refractivity contribution in [1.82, 2.24) is 9.97 Å². The number of nitrogens with zero attached hydrogens (tertiary/aromatic N) is 3. The SMILES string of the molecule is CC(C)c1c(N)ncnc1N(C)C1CCS(=O)(=O)C1. The van der Waals surface area contributed by atoms with Crippen LogP contribution in [0.2, 0.25) is 0 Å². The highest BCUT2D eigenvalue weighted by molar-refractivity contribution is 7.91. The lowest BCUT2D eigenvalue weighted by atomic mass is 10.0. The summed E-state index contributed by atoms with van der Waals surface area (Å²) >= 11 is 0. The Morgan fingerprint density at radius 3 is 2.63 bits per heavy atom. The molecular weight excluding hydrogens is 264 g/mol. The maximum Gasteiger partial charge on any atom is 0.152 e. The lowest BCUT2D eigenvalue weighted by Gasteiger charge is -2.27. The van der Waals surface area contributed by atoms with Crippen LogP contribution < -0.4 is 10.6 Å². The monoisotopic (exact) mass is 284 g/mol. The molecule has 0 aliphatic carbocycles. The van der Waals surface area contributed by atoms with E-state index in [9.17, 15) is 8.42 Å². The van der Waals surface area contributed by atoms with Gasteiger partial charge in [-0.05, 0) is 12.3 Å². The van der Waals surface area contributed by atoms with E-state index in [0.717, 1.165) is 11.4 Å². The third kappa shape index (κ3) is 2.80. The molecule has 0 spiro atoms. The van der Waals surface area contributed by atoms with E-state index in [2.05, 4.69) is 9.97 Å². The fourth-order valence-corrected chi connectivity index (χ4v) is 4.26. The largest absolute Gasteiger partial charge is 0.383 e. The van der Waals surface area contributed by atoms with E-state index in [0.29, 0.717) is 12.2 Å². The van der Waals surface area contributed by atoms with Gasteiger partial charge < -0.3 is 10.6 Å². The molecule has 0 radical (unpaired) electrons.